The molecule has 0 aliphatic rings. The van der Waals surface area contributed by atoms with Gasteiger partial charge in [-0.3, -0.25) is 4.90 Å². The second-order valence-electron chi connectivity index (χ2n) is 3.65. The molecule has 84 valence electrons. The van der Waals surface area contributed by atoms with Crippen molar-refractivity contribution in [2.24, 2.45) is 0 Å². The molecule has 0 fully saturated rings. The molecule has 0 saturated carbocycles. The van der Waals surface area contributed by atoms with Gasteiger partial charge in [-0.25, -0.2) is 0 Å². The second kappa shape index (κ2) is 5.38. The minimum atomic E-state index is 0.568. The summed E-state index contributed by atoms with van der Waals surface area (Å²) < 4.78 is 0. The van der Waals surface area contributed by atoms with Crippen LogP contribution in [0.3, 0.4) is 0 Å². The zero-order valence-electron chi connectivity index (χ0n) is 9.18. The van der Waals surface area contributed by atoms with E-state index in [1.54, 1.807) is 17.0 Å². The number of nitrogens with zero attached hydrogens (tertiary/aromatic N) is 2. The summed E-state index contributed by atoms with van der Waals surface area (Å²) in [6.45, 7) is 0.568. The molecular formula is C14H11ClN2. The Morgan fingerprint density at radius 2 is 1.65 bits per heavy atom. The molecule has 0 radical (unpaired) electrons. The van der Waals surface area contributed by atoms with Crippen molar-refractivity contribution in [2.45, 2.75) is 6.54 Å². The molecule has 17 heavy (non-hydrogen) atoms. The van der Waals surface area contributed by atoms with Gasteiger partial charge in [-0.1, -0.05) is 41.9 Å². The lowest BCUT2D eigenvalue weighted by Gasteiger charge is -2.15. The zero-order chi connectivity index (χ0) is 12.1. The fraction of sp³-hybridized carbons (Fsp3) is 0.0714. The molecule has 0 N–H and O–H groups in total. The molecule has 0 atom stereocenters. The summed E-state index contributed by atoms with van der Waals surface area (Å²) in [5.41, 5.74) is 1.95. The van der Waals surface area contributed by atoms with Gasteiger partial charge >= 0.3 is 0 Å². The molecule has 3 heteroatoms. The predicted molar refractivity (Wildman–Crippen MR) is 69.7 cm³/mol. The smallest absolute Gasteiger partial charge is 0.184 e. The maximum Gasteiger partial charge on any atom is 0.184 e. The Hall–Kier alpha value is -1.98. The van der Waals surface area contributed by atoms with Gasteiger partial charge in [0, 0.05) is 5.02 Å². The van der Waals surface area contributed by atoms with Gasteiger partial charge in [-0.15, -0.1) is 0 Å². The highest BCUT2D eigenvalue weighted by Gasteiger charge is 2.05. The summed E-state index contributed by atoms with van der Waals surface area (Å²) >= 11 is 5.82. The lowest BCUT2D eigenvalue weighted by molar-refractivity contribution is 0.978. The summed E-state index contributed by atoms with van der Waals surface area (Å²) in [7, 11) is 0. The second-order valence-corrected chi connectivity index (χ2v) is 4.08. The maximum atomic E-state index is 9.15. The molecule has 2 aromatic carbocycles. The van der Waals surface area contributed by atoms with Crippen molar-refractivity contribution in [2.75, 3.05) is 4.90 Å². The average Bonchev–Trinajstić information content (AvgIpc) is 2.38. The first-order valence-corrected chi connectivity index (χ1v) is 5.64. The number of hydrogen-bond donors (Lipinski definition) is 0. The van der Waals surface area contributed by atoms with E-state index in [1.807, 2.05) is 42.5 Å². The van der Waals surface area contributed by atoms with E-state index < -0.39 is 0 Å². The van der Waals surface area contributed by atoms with Crippen LogP contribution in [0.15, 0.2) is 54.6 Å². The van der Waals surface area contributed by atoms with Crippen LogP contribution < -0.4 is 4.90 Å². The topological polar surface area (TPSA) is 27.0 Å². The zero-order valence-corrected chi connectivity index (χ0v) is 9.93. The fourth-order valence-electron chi connectivity index (χ4n) is 1.57. The van der Waals surface area contributed by atoms with E-state index in [0.29, 0.717) is 11.6 Å². The van der Waals surface area contributed by atoms with Crippen LogP contribution in [0.2, 0.25) is 5.02 Å². The molecule has 0 aromatic heterocycles. The first-order valence-electron chi connectivity index (χ1n) is 5.26. The average molecular weight is 243 g/mol. The molecule has 0 spiro atoms. The number of hydrogen-bond acceptors (Lipinski definition) is 2. The van der Waals surface area contributed by atoms with Crippen molar-refractivity contribution >= 4 is 17.3 Å². The first-order chi connectivity index (χ1) is 8.29. The number of nitriles is 1. The molecule has 0 bridgehead atoms. The number of halogens is 1. The van der Waals surface area contributed by atoms with Crippen LogP contribution in [0, 0.1) is 11.5 Å². The molecule has 0 aliphatic carbocycles. The van der Waals surface area contributed by atoms with Crippen LogP contribution in [0.25, 0.3) is 0 Å². The summed E-state index contributed by atoms with van der Waals surface area (Å²) in [5, 5.41) is 9.83. The standard InChI is InChI=1S/C14H11ClN2/c15-13-6-8-14(9-7-13)17(11-16)10-12-4-2-1-3-5-12/h1-9H,10H2. The lowest BCUT2D eigenvalue weighted by atomic mass is 10.2. The van der Waals surface area contributed by atoms with Crippen molar-refractivity contribution in [3.8, 4) is 6.19 Å². The van der Waals surface area contributed by atoms with Crippen LogP contribution in [0.1, 0.15) is 5.56 Å². The summed E-state index contributed by atoms with van der Waals surface area (Å²) in [6.07, 6.45) is 2.18. The third-order valence-electron chi connectivity index (χ3n) is 2.44. The van der Waals surface area contributed by atoms with Gasteiger partial charge in [0.1, 0.15) is 0 Å². The Morgan fingerprint density at radius 3 is 2.24 bits per heavy atom. The first kappa shape index (κ1) is 11.5. The van der Waals surface area contributed by atoms with Crippen LogP contribution in [-0.4, -0.2) is 0 Å². The highest BCUT2D eigenvalue weighted by Crippen LogP contribution is 2.19. The van der Waals surface area contributed by atoms with Crippen molar-refractivity contribution in [3.05, 3.63) is 65.2 Å². The fourth-order valence-corrected chi connectivity index (χ4v) is 1.70. The van der Waals surface area contributed by atoms with Crippen LogP contribution in [0.4, 0.5) is 5.69 Å². The normalized spacial score (nSPS) is 9.65. The Labute approximate surface area is 106 Å². The number of benzene rings is 2. The van der Waals surface area contributed by atoms with Gasteiger partial charge in [0.05, 0.1) is 12.2 Å². The van der Waals surface area contributed by atoms with Crippen LogP contribution >= 0.6 is 11.6 Å². The van der Waals surface area contributed by atoms with Gasteiger partial charge in [0.15, 0.2) is 6.19 Å². The molecule has 2 rings (SSSR count). The van der Waals surface area contributed by atoms with Gasteiger partial charge in [0.25, 0.3) is 0 Å². The van der Waals surface area contributed by atoms with E-state index in [4.69, 9.17) is 16.9 Å². The van der Waals surface area contributed by atoms with E-state index in [0.717, 1.165) is 11.3 Å². The lowest BCUT2D eigenvalue weighted by Crippen LogP contribution is -2.15. The monoisotopic (exact) mass is 242 g/mol. The van der Waals surface area contributed by atoms with Crippen molar-refractivity contribution in [3.63, 3.8) is 0 Å². The van der Waals surface area contributed by atoms with Gasteiger partial charge in [0.2, 0.25) is 0 Å². The number of rotatable bonds is 3. The molecular weight excluding hydrogens is 232 g/mol. The SMILES string of the molecule is N#CN(Cc1ccccc1)c1ccc(Cl)cc1. The largest absolute Gasteiger partial charge is 0.275 e. The van der Waals surface area contributed by atoms with E-state index in [9.17, 15) is 0 Å². The van der Waals surface area contributed by atoms with Crippen molar-refractivity contribution in [1.29, 1.82) is 5.26 Å². The Balaban J connectivity index is 2.18. The van der Waals surface area contributed by atoms with E-state index in [1.165, 1.54) is 0 Å². The van der Waals surface area contributed by atoms with E-state index >= 15 is 0 Å². The molecule has 0 heterocycles. The summed E-state index contributed by atoms with van der Waals surface area (Å²) in [5.74, 6) is 0. The third kappa shape index (κ3) is 2.99. The maximum absolute atomic E-state index is 9.15. The highest BCUT2D eigenvalue weighted by molar-refractivity contribution is 6.30. The summed E-state index contributed by atoms with van der Waals surface area (Å²) in [6, 6.07) is 17.1. The summed E-state index contributed by atoms with van der Waals surface area (Å²) in [4.78, 5) is 1.63. The highest BCUT2D eigenvalue weighted by atomic mass is 35.5. The molecule has 0 aliphatic heterocycles. The van der Waals surface area contributed by atoms with Gasteiger partial charge in [-0.05, 0) is 29.8 Å². The molecule has 2 aromatic rings. The quantitative estimate of drug-likeness (QED) is 0.604. The van der Waals surface area contributed by atoms with Crippen LogP contribution in [-0.2, 0) is 6.54 Å². The Bertz CT molecular complexity index is 514. The molecule has 0 saturated heterocycles. The molecule has 2 nitrogen and oxygen atoms in total. The molecule has 0 amide bonds. The van der Waals surface area contributed by atoms with Crippen molar-refractivity contribution < 1.29 is 0 Å². The molecule has 0 unspecified atom stereocenters. The van der Waals surface area contributed by atoms with Gasteiger partial charge in [-0.2, -0.15) is 5.26 Å². The number of anilines is 1. The minimum Gasteiger partial charge on any atom is -0.275 e. The predicted octanol–water partition coefficient (Wildman–Crippen LogP) is 3.83. The third-order valence-corrected chi connectivity index (χ3v) is 2.69. The Morgan fingerprint density at radius 1 is 1.00 bits per heavy atom. The van der Waals surface area contributed by atoms with E-state index in [2.05, 4.69) is 6.19 Å². The minimum absolute atomic E-state index is 0.568. The van der Waals surface area contributed by atoms with Gasteiger partial charge < -0.3 is 0 Å². The van der Waals surface area contributed by atoms with E-state index in [-0.39, 0.29) is 0 Å². The van der Waals surface area contributed by atoms with Crippen LogP contribution in [0.5, 0.6) is 0 Å². The van der Waals surface area contributed by atoms with Crippen molar-refractivity contribution in [1.82, 2.24) is 0 Å². The Kier molecular flexibility index (Phi) is 3.64.